The summed E-state index contributed by atoms with van der Waals surface area (Å²) < 4.78 is 5.00. The van der Waals surface area contributed by atoms with Gasteiger partial charge in [0.25, 0.3) is 0 Å². The van der Waals surface area contributed by atoms with Gasteiger partial charge in [0, 0.05) is 24.8 Å². The fraction of sp³-hybridized carbons (Fsp3) is 0.556. The molecule has 1 aliphatic heterocycles. The van der Waals surface area contributed by atoms with E-state index in [-0.39, 0.29) is 18.2 Å². The third-order valence-electron chi connectivity index (χ3n) is 4.33. The van der Waals surface area contributed by atoms with Crippen LogP contribution in [0.25, 0.3) is 0 Å². The van der Waals surface area contributed by atoms with Gasteiger partial charge in [0.2, 0.25) is 0 Å². The average molecular weight is 333 g/mol. The van der Waals surface area contributed by atoms with Crippen LogP contribution in [-0.4, -0.2) is 42.8 Å². The van der Waals surface area contributed by atoms with Gasteiger partial charge in [-0.15, -0.1) is 0 Å². The van der Waals surface area contributed by atoms with Crippen molar-refractivity contribution in [1.29, 1.82) is 0 Å². The van der Waals surface area contributed by atoms with Crippen LogP contribution in [-0.2, 0) is 11.2 Å². The summed E-state index contributed by atoms with van der Waals surface area (Å²) in [7, 11) is 0. The molecule has 6 nitrogen and oxygen atoms in total. The first-order valence-electron chi connectivity index (χ1n) is 8.62. The van der Waals surface area contributed by atoms with Crippen LogP contribution < -0.4 is 10.6 Å². The molecule has 0 bridgehead atoms. The number of amides is 3. The molecule has 24 heavy (non-hydrogen) atoms. The van der Waals surface area contributed by atoms with Gasteiger partial charge < -0.3 is 20.3 Å². The smallest absolute Gasteiger partial charge is 0.409 e. The average Bonchev–Trinajstić information content (AvgIpc) is 2.57. The number of rotatable bonds is 4. The van der Waals surface area contributed by atoms with Crippen molar-refractivity contribution in [1.82, 2.24) is 10.2 Å². The fourth-order valence-electron chi connectivity index (χ4n) is 2.96. The highest BCUT2D eigenvalue weighted by Gasteiger charge is 2.24. The minimum atomic E-state index is -0.270. The molecule has 0 aromatic heterocycles. The zero-order valence-corrected chi connectivity index (χ0v) is 14.7. The lowest BCUT2D eigenvalue weighted by Crippen LogP contribution is -2.47. The molecule has 0 saturated carbocycles. The fourth-order valence-corrected chi connectivity index (χ4v) is 2.96. The van der Waals surface area contributed by atoms with Gasteiger partial charge in [0.05, 0.1) is 6.61 Å². The number of para-hydroxylation sites is 1. The van der Waals surface area contributed by atoms with E-state index >= 15 is 0 Å². The van der Waals surface area contributed by atoms with Gasteiger partial charge in [-0.25, -0.2) is 9.59 Å². The van der Waals surface area contributed by atoms with Gasteiger partial charge in [-0.1, -0.05) is 25.1 Å². The summed E-state index contributed by atoms with van der Waals surface area (Å²) >= 11 is 0. The first kappa shape index (κ1) is 18.1. The second-order valence-corrected chi connectivity index (χ2v) is 6.02. The largest absolute Gasteiger partial charge is 0.450 e. The Labute approximate surface area is 143 Å². The number of ether oxygens (including phenoxy) is 1. The van der Waals surface area contributed by atoms with Gasteiger partial charge in [-0.3, -0.25) is 0 Å². The van der Waals surface area contributed by atoms with Crippen LogP contribution in [0.2, 0.25) is 0 Å². The molecule has 2 rings (SSSR count). The molecule has 3 amide bonds. The first-order chi connectivity index (χ1) is 11.5. The van der Waals surface area contributed by atoms with E-state index in [1.54, 1.807) is 11.8 Å². The molecular weight excluding hydrogens is 306 g/mol. The van der Waals surface area contributed by atoms with Gasteiger partial charge >= 0.3 is 12.1 Å². The van der Waals surface area contributed by atoms with Crippen molar-refractivity contribution in [2.24, 2.45) is 0 Å². The van der Waals surface area contributed by atoms with Crippen molar-refractivity contribution in [3.8, 4) is 0 Å². The Morgan fingerprint density at radius 1 is 1.25 bits per heavy atom. The molecule has 0 spiro atoms. The summed E-state index contributed by atoms with van der Waals surface area (Å²) in [6.07, 6.45) is 2.07. The molecular formula is C18H27N3O3. The molecule has 6 heteroatoms. The maximum Gasteiger partial charge on any atom is 0.409 e. The number of aryl methyl sites for hydroxylation is 2. The monoisotopic (exact) mass is 333 g/mol. The Morgan fingerprint density at radius 3 is 2.58 bits per heavy atom. The van der Waals surface area contributed by atoms with Gasteiger partial charge in [-0.2, -0.15) is 0 Å². The summed E-state index contributed by atoms with van der Waals surface area (Å²) in [6, 6.07) is 5.91. The molecule has 1 aromatic carbocycles. The number of likely N-dealkylation sites (tertiary alicyclic amines) is 1. The zero-order valence-electron chi connectivity index (χ0n) is 14.7. The maximum atomic E-state index is 12.3. The molecule has 1 fully saturated rings. The van der Waals surface area contributed by atoms with Crippen LogP contribution in [0.3, 0.4) is 0 Å². The van der Waals surface area contributed by atoms with Gasteiger partial charge in [-0.05, 0) is 44.2 Å². The Hall–Kier alpha value is -2.24. The Bertz CT molecular complexity index is 581. The third-order valence-corrected chi connectivity index (χ3v) is 4.33. The van der Waals surface area contributed by atoms with E-state index in [9.17, 15) is 9.59 Å². The van der Waals surface area contributed by atoms with Crippen molar-refractivity contribution in [3.05, 3.63) is 29.3 Å². The molecule has 0 atom stereocenters. The number of carbonyl (C=O) groups is 2. The maximum absolute atomic E-state index is 12.3. The standard InChI is InChI=1S/C18H27N3O3/c1-4-14-8-6-7-13(3)16(14)20-17(22)19-15-9-11-21(12-10-15)18(23)24-5-2/h6-8,15H,4-5,9-12H2,1-3H3,(H2,19,20,22). The summed E-state index contributed by atoms with van der Waals surface area (Å²) in [6.45, 7) is 7.46. The predicted molar refractivity (Wildman–Crippen MR) is 94.3 cm³/mol. The highest BCUT2D eigenvalue weighted by molar-refractivity contribution is 5.91. The number of hydrogen-bond acceptors (Lipinski definition) is 3. The van der Waals surface area contributed by atoms with Crippen LogP contribution in [0.15, 0.2) is 18.2 Å². The summed E-state index contributed by atoms with van der Waals surface area (Å²) in [5, 5.41) is 5.98. The zero-order chi connectivity index (χ0) is 17.5. The molecule has 1 aromatic rings. The van der Waals surface area contributed by atoms with Crippen LogP contribution in [0.1, 0.15) is 37.8 Å². The first-order valence-corrected chi connectivity index (χ1v) is 8.62. The molecule has 1 heterocycles. The Morgan fingerprint density at radius 2 is 1.96 bits per heavy atom. The number of benzene rings is 1. The molecule has 0 aliphatic carbocycles. The molecule has 0 radical (unpaired) electrons. The third kappa shape index (κ3) is 4.63. The molecule has 0 unspecified atom stereocenters. The lowest BCUT2D eigenvalue weighted by molar-refractivity contribution is 0.0959. The van der Waals surface area contributed by atoms with Crippen molar-refractivity contribution in [2.45, 2.75) is 46.1 Å². The van der Waals surface area contributed by atoms with E-state index in [1.165, 1.54) is 0 Å². The highest BCUT2D eigenvalue weighted by atomic mass is 16.6. The summed E-state index contributed by atoms with van der Waals surface area (Å²) in [5.74, 6) is 0. The van der Waals surface area contributed by atoms with Crippen LogP contribution in [0, 0.1) is 6.92 Å². The molecule has 2 N–H and O–H groups in total. The number of nitrogens with zero attached hydrogens (tertiary/aromatic N) is 1. The van der Waals surface area contributed by atoms with E-state index in [0.717, 1.165) is 36.1 Å². The number of piperidine rings is 1. The summed E-state index contributed by atoms with van der Waals surface area (Å²) in [4.78, 5) is 25.7. The highest BCUT2D eigenvalue weighted by Crippen LogP contribution is 2.21. The van der Waals surface area contributed by atoms with E-state index < -0.39 is 0 Å². The molecule has 132 valence electrons. The number of anilines is 1. The second kappa shape index (κ2) is 8.57. The van der Waals surface area contributed by atoms with Crippen molar-refractivity contribution in [3.63, 3.8) is 0 Å². The number of carbonyl (C=O) groups excluding carboxylic acids is 2. The number of urea groups is 1. The predicted octanol–water partition coefficient (Wildman–Crippen LogP) is 3.30. The van der Waals surface area contributed by atoms with Crippen molar-refractivity contribution < 1.29 is 14.3 Å². The minimum Gasteiger partial charge on any atom is -0.450 e. The van der Waals surface area contributed by atoms with E-state index in [4.69, 9.17) is 4.74 Å². The number of hydrogen-bond donors (Lipinski definition) is 2. The van der Waals surface area contributed by atoms with E-state index in [1.807, 2.05) is 25.1 Å². The lowest BCUT2D eigenvalue weighted by atomic mass is 10.1. The van der Waals surface area contributed by atoms with E-state index in [0.29, 0.717) is 19.7 Å². The quantitative estimate of drug-likeness (QED) is 0.888. The topological polar surface area (TPSA) is 70.7 Å². The molecule has 1 aliphatic rings. The second-order valence-electron chi connectivity index (χ2n) is 6.02. The number of nitrogens with one attached hydrogen (secondary N) is 2. The summed E-state index contributed by atoms with van der Waals surface area (Å²) in [5.41, 5.74) is 3.07. The minimum absolute atomic E-state index is 0.0739. The lowest BCUT2D eigenvalue weighted by Gasteiger charge is -2.31. The Balaban J connectivity index is 1.85. The van der Waals surface area contributed by atoms with Crippen molar-refractivity contribution >= 4 is 17.8 Å². The van der Waals surface area contributed by atoms with Crippen LogP contribution in [0.4, 0.5) is 15.3 Å². The SMILES string of the molecule is CCOC(=O)N1CCC(NC(=O)Nc2c(C)cccc2CC)CC1. The van der Waals surface area contributed by atoms with Gasteiger partial charge in [0.15, 0.2) is 0 Å². The normalized spacial score (nSPS) is 15.0. The Kier molecular flexibility index (Phi) is 6.46. The van der Waals surface area contributed by atoms with Gasteiger partial charge in [0.1, 0.15) is 0 Å². The van der Waals surface area contributed by atoms with Crippen LogP contribution >= 0.6 is 0 Å². The van der Waals surface area contributed by atoms with Crippen molar-refractivity contribution in [2.75, 3.05) is 25.0 Å². The van der Waals surface area contributed by atoms with E-state index in [2.05, 4.69) is 17.6 Å². The van der Waals surface area contributed by atoms with Crippen LogP contribution in [0.5, 0.6) is 0 Å². The molecule has 1 saturated heterocycles.